The van der Waals surface area contributed by atoms with E-state index < -0.39 is 12.0 Å². The van der Waals surface area contributed by atoms with Crippen molar-refractivity contribution in [1.29, 1.82) is 0 Å². The predicted molar refractivity (Wildman–Crippen MR) is 84.6 cm³/mol. The van der Waals surface area contributed by atoms with Crippen LogP contribution < -0.4 is 4.74 Å². The van der Waals surface area contributed by atoms with Crippen LogP contribution in [0.5, 0.6) is 5.75 Å². The first-order valence-corrected chi connectivity index (χ1v) is 7.71. The van der Waals surface area contributed by atoms with Crippen LogP contribution in [0.4, 0.5) is 0 Å². The molecular weight excluding hydrogens is 298 g/mol. The number of benzene rings is 1. The molecule has 0 radical (unpaired) electrons. The van der Waals surface area contributed by atoms with Gasteiger partial charge in [0.25, 0.3) is 5.91 Å². The van der Waals surface area contributed by atoms with Gasteiger partial charge in [0.2, 0.25) is 0 Å². The summed E-state index contributed by atoms with van der Waals surface area (Å²) in [5, 5.41) is 9.32. The van der Waals surface area contributed by atoms with Crippen LogP contribution in [0.15, 0.2) is 24.3 Å². The van der Waals surface area contributed by atoms with Crippen LogP contribution in [-0.4, -0.2) is 54.3 Å². The van der Waals surface area contributed by atoms with Crippen molar-refractivity contribution in [3.05, 3.63) is 29.8 Å². The average Bonchev–Trinajstić information content (AvgIpc) is 2.97. The summed E-state index contributed by atoms with van der Waals surface area (Å²) in [5.74, 6) is -0.331. The minimum Gasteiger partial charge on any atom is -0.493 e. The zero-order valence-electron chi connectivity index (χ0n) is 13.7. The van der Waals surface area contributed by atoms with E-state index in [4.69, 9.17) is 9.47 Å². The van der Waals surface area contributed by atoms with Crippen molar-refractivity contribution in [2.75, 3.05) is 20.3 Å². The lowest BCUT2D eigenvalue weighted by Crippen LogP contribution is -2.40. The molecule has 2 atom stereocenters. The predicted octanol–water partition coefficient (Wildman–Crippen LogP) is 2.04. The number of likely N-dealkylation sites (tertiary alicyclic amines) is 1. The number of nitrogens with zero attached hydrogens (tertiary/aromatic N) is 1. The molecule has 1 fully saturated rings. The number of rotatable bonds is 6. The van der Waals surface area contributed by atoms with Gasteiger partial charge in [-0.2, -0.15) is 0 Å². The maximum absolute atomic E-state index is 12.7. The number of carbonyl (C=O) groups is 2. The molecule has 0 spiro atoms. The number of methoxy groups -OCH3 is 1. The zero-order chi connectivity index (χ0) is 17.0. The van der Waals surface area contributed by atoms with E-state index in [2.05, 4.69) is 0 Å². The summed E-state index contributed by atoms with van der Waals surface area (Å²) < 4.78 is 10.8. The third kappa shape index (κ3) is 4.22. The summed E-state index contributed by atoms with van der Waals surface area (Å²) in [5.41, 5.74) is 0.425. The van der Waals surface area contributed by atoms with E-state index in [1.807, 2.05) is 13.8 Å². The fourth-order valence-electron chi connectivity index (χ4n) is 2.57. The maximum Gasteiger partial charge on any atom is 0.326 e. The number of ether oxygens (including phenoxy) is 2. The highest BCUT2D eigenvalue weighted by Gasteiger charge is 2.40. The molecule has 23 heavy (non-hydrogen) atoms. The molecular formula is C17H23NO5. The van der Waals surface area contributed by atoms with Crippen LogP contribution in [0, 0.1) is 5.92 Å². The first-order valence-electron chi connectivity index (χ1n) is 7.71. The summed E-state index contributed by atoms with van der Waals surface area (Å²) in [6, 6.07) is 6.00. The summed E-state index contributed by atoms with van der Waals surface area (Å²) in [7, 11) is 1.53. The van der Waals surface area contributed by atoms with Crippen LogP contribution in [-0.2, 0) is 9.53 Å². The van der Waals surface area contributed by atoms with E-state index in [0.717, 1.165) is 0 Å². The van der Waals surface area contributed by atoms with E-state index in [-0.39, 0.29) is 18.6 Å². The fourth-order valence-corrected chi connectivity index (χ4v) is 2.57. The van der Waals surface area contributed by atoms with Crippen LogP contribution in [0.3, 0.4) is 0 Å². The zero-order valence-corrected chi connectivity index (χ0v) is 13.7. The second-order valence-electron chi connectivity index (χ2n) is 6.14. The molecule has 1 heterocycles. The Morgan fingerprint density at radius 2 is 2.13 bits per heavy atom. The molecule has 1 N–H and O–H groups in total. The average molecular weight is 321 g/mol. The Hall–Kier alpha value is -2.08. The SMILES string of the molecule is COC1CC(C(=O)O)N(C(=O)c2cccc(OCC(C)C)c2)C1. The summed E-state index contributed by atoms with van der Waals surface area (Å²) in [6.45, 7) is 4.93. The van der Waals surface area contributed by atoms with Crippen molar-refractivity contribution in [3.63, 3.8) is 0 Å². The lowest BCUT2D eigenvalue weighted by molar-refractivity contribution is -0.141. The van der Waals surface area contributed by atoms with Gasteiger partial charge in [-0.05, 0) is 24.1 Å². The molecule has 1 amide bonds. The number of amides is 1. The van der Waals surface area contributed by atoms with Crippen molar-refractivity contribution in [2.45, 2.75) is 32.4 Å². The van der Waals surface area contributed by atoms with E-state index in [0.29, 0.717) is 30.3 Å². The van der Waals surface area contributed by atoms with Gasteiger partial charge in [-0.25, -0.2) is 4.79 Å². The minimum absolute atomic E-state index is 0.250. The van der Waals surface area contributed by atoms with Crippen molar-refractivity contribution >= 4 is 11.9 Å². The molecule has 1 aromatic rings. The number of carboxylic acid groups (broad SMARTS) is 1. The van der Waals surface area contributed by atoms with Gasteiger partial charge in [-0.1, -0.05) is 19.9 Å². The second kappa shape index (κ2) is 7.46. The molecule has 1 aliphatic heterocycles. The Morgan fingerprint density at radius 3 is 2.74 bits per heavy atom. The Balaban J connectivity index is 2.15. The quantitative estimate of drug-likeness (QED) is 0.867. The van der Waals surface area contributed by atoms with Crippen LogP contribution in [0.1, 0.15) is 30.6 Å². The Labute approximate surface area is 136 Å². The molecule has 2 unspecified atom stereocenters. The topological polar surface area (TPSA) is 76.1 Å². The summed E-state index contributed by atoms with van der Waals surface area (Å²) >= 11 is 0. The van der Waals surface area contributed by atoms with Crippen LogP contribution in [0.2, 0.25) is 0 Å². The standard InChI is InChI=1S/C17H23NO5/c1-11(2)10-23-13-6-4-5-12(7-13)16(19)18-9-14(22-3)8-15(18)17(20)21/h4-7,11,14-15H,8-10H2,1-3H3,(H,20,21). The van der Waals surface area contributed by atoms with E-state index in [1.165, 1.54) is 12.0 Å². The van der Waals surface area contributed by atoms with Gasteiger partial charge >= 0.3 is 5.97 Å². The van der Waals surface area contributed by atoms with Crippen LogP contribution in [0.25, 0.3) is 0 Å². The van der Waals surface area contributed by atoms with Gasteiger partial charge < -0.3 is 19.5 Å². The van der Waals surface area contributed by atoms with Crippen molar-refractivity contribution in [3.8, 4) is 5.75 Å². The minimum atomic E-state index is -1.01. The van der Waals surface area contributed by atoms with Gasteiger partial charge in [0.1, 0.15) is 11.8 Å². The molecule has 0 aromatic heterocycles. The molecule has 0 aliphatic carbocycles. The van der Waals surface area contributed by atoms with Gasteiger partial charge in [0.15, 0.2) is 0 Å². The first kappa shape index (κ1) is 17.3. The number of hydrogen-bond acceptors (Lipinski definition) is 4. The lowest BCUT2D eigenvalue weighted by Gasteiger charge is -2.21. The summed E-state index contributed by atoms with van der Waals surface area (Å²) in [4.78, 5) is 25.4. The van der Waals surface area contributed by atoms with Gasteiger partial charge in [0.05, 0.1) is 12.7 Å². The molecule has 1 aromatic carbocycles. The summed E-state index contributed by atoms with van der Waals surface area (Å²) in [6.07, 6.45) is 0.0571. The molecule has 2 rings (SSSR count). The highest BCUT2D eigenvalue weighted by molar-refractivity contribution is 5.97. The number of carbonyl (C=O) groups excluding carboxylic acids is 1. The Bertz CT molecular complexity index is 572. The maximum atomic E-state index is 12.7. The third-order valence-electron chi connectivity index (χ3n) is 3.81. The van der Waals surface area contributed by atoms with Gasteiger partial charge in [-0.15, -0.1) is 0 Å². The molecule has 126 valence electrons. The molecule has 6 nitrogen and oxygen atoms in total. The first-order chi connectivity index (χ1) is 10.9. The largest absolute Gasteiger partial charge is 0.493 e. The lowest BCUT2D eigenvalue weighted by atomic mass is 10.1. The molecule has 1 saturated heterocycles. The van der Waals surface area contributed by atoms with Crippen molar-refractivity contribution < 1.29 is 24.2 Å². The van der Waals surface area contributed by atoms with E-state index in [1.54, 1.807) is 24.3 Å². The Morgan fingerprint density at radius 1 is 1.39 bits per heavy atom. The highest BCUT2D eigenvalue weighted by atomic mass is 16.5. The Kier molecular flexibility index (Phi) is 5.60. The molecule has 1 aliphatic rings. The van der Waals surface area contributed by atoms with Crippen molar-refractivity contribution in [2.24, 2.45) is 5.92 Å². The van der Waals surface area contributed by atoms with Crippen molar-refractivity contribution in [1.82, 2.24) is 4.90 Å². The molecule has 0 bridgehead atoms. The highest BCUT2D eigenvalue weighted by Crippen LogP contribution is 2.24. The van der Waals surface area contributed by atoms with E-state index in [9.17, 15) is 14.7 Å². The van der Waals surface area contributed by atoms with Crippen LogP contribution >= 0.6 is 0 Å². The fraction of sp³-hybridized carbons (Fsp3) is 0.529. The number of carboxylic acids is 1. The molecule has 6 heteroatoms. The monoisotopic (exact) mass is 321 g/mol. The molecule has 0 saturated carbocycles. The van der Waals surface area contributed by atoms with E-state index >= 15 is 0 Å². The number of aliphatic carboxylic acids is 1. The second-order valence-corrected chi connectivity index (χ2v) is 6.14. The van der Waals surface area contributed by atoms with Gasteiger partial charge in [0, 0.05) is 25.6 Å². The number of hydrogen-bond donors (Lipinski definition) is 1. The third-order valence-corrected chi connectivity index (χ3v) is 3.81. The van der Waals surface area contributed by atoms with Gasteiger partial charge in [-0.3, -0.25) is 4.79 Å². The normalized spacial score (nSPS) is 20.8. The smallest absolute Gasteiger partial charge is 0.326 e.